The van der Waals surface area contributed by atoms with Gasteiger partial charge in [0, 0.05) is 67.4 Å². The van der Waals surface area contributed by atoms with Crippen LogP contribution in [0.4, 0.5) is 37.4 Å². The number of halogens is 1. The Morgan fingerprint density at radius 1 is 0.742 bits per heavy atom. The Bertz CT molecular complexity index is 2670. The number of nitro groups is 2. The van der Waals surface area contributed by atoms with E-state index in [9.17, 15) is 44.4 Å². The molecule has 0 fully saturated rings. The molecule has 1 radical (unpaired) electrons. The number of thiazole rings is 2. The predicted octanol–water partition coefficient (Wildman–Crippen LogP) is 5.83. The minimum Gasteiger partial charge on any atom is -0.506 e. The zero-order valence-electron chi connectivity index (χ0n) is 32.5. The van der Waals surface area contributed by atoms with E-state index in [1.54, 1.807) is 26.0 Å². The zero-order chi connectivity index (χ0) is 44.2. The normalized spacial score (nSPS) is 15.4. The van der Waals surface area contributed by atoms with E-state index in [4.69, 9.17) is 0 Å². The Balaban J connectivity index is 0.000000204. The van der Waals surface area contributed by atoms with E-state index in [-0.39, 0.29) is 76.7 Å². The van der Waals surface area contributed by atoms with Crippen LogP contribution in [0.5, 0.6) is 0 Å². The molecule has 21 nitrogen and oxygen atoms in total. The summed E-state index contributed by atoms with van der Waals surface area (Å²) in [4.78, 5) is 49.6. The van der Waals surface area contributed by atoms with Crippen LogP contribution in [0.25, 0.3) is 0 Å². The fourth-order valence-electron chi connectivity index (χ4n) is 4.81. The van der Waals surface area contributed by atoms with Gasteiger partial charge >= 0.3 is 16.0 Å². The molecular weight excluding hydrogens is 897 g/mol. The predicted molar refractivity (Wildman–Crippen MR) is 220 cm³/mol. The van der Waals surface area contributed by atoms with Gasteiger partial charge in [-0.3, -0.25) is 40.0 Å². The number of allylic oxidation sites excluding steroid dienone is 6. The van der Waals surface area contributed by atoms with Crippen molar-refractivity contribution in [1.82, 2.24) is 14.5 Å². The first kappa shape index (κ1) is 47.1. The van der Waals surface area contributed by atoms with Crippen molar-refractivity contribution in [3.05, 3.63) is 156 Å². The molecule has 0 spiro atoms. The van der Waals surface area contributed by atoms with Gasteiger partial charge in [0.1, 0.15) is 34.4 Å². The van der Waals surface area contributed by atoms with Gasteiger partial charge in [-0.1, -0.05) is 27.8 Å². The molecule has 2 aliphatic rings. The molecule has 2 aliphatic carbocycles. The van der Waals surface area contributed by atoms with E-state index < -0.39 is 9.85 Å². The molecule has 0 saturated carbocycles. The molecule has 2 aromatic carbocycles. The molecule has 0 bridgehead atoms. The van der Waals surface area contributed by atoms with Crippen LogP contribution in [0, 0.1) is 26.0 Å². The standard InChI is InChI=1S/C17H16FN5.2C10H8N4O4S.Co/c1-22-11-12-23(2)17(22)21-20-16-9-7-15(8-10-16)19-14-5-3-13(18)4-6-14;2*1-5-2-6(15)3-7(16)9(5)12-13-10-11-4-8(19-10)14(17)18;/h3-12H,1-2H3;2*2-4H,1H3,(H2,11,13,15,16);/p-1. The number of nitrogens with one attached hydrogen (secondary N) is 1. The number of hydrogen-bond donors (Lipinski definition) is 3. The monoisotopic (exact) mass is 927 g/mol. The average molecular weight is 928 g/mol. The zero-order valence-corrected chi connectivity index (χ0v) is 35.1. The van der Waals surface area contributed by atoms with Gasteiger partial charge in [-0.2, -0.15) is 0 Å². The molecule has 25 heteroatoms. The summed E-state index contributed by atoms with van der Waals surface area (Å²) in [5.74, 6) is -0.740. The number of ketones is 2. The van der Waals surface area contributed by atoms with Crippen LogP contribution in [0.1, 0.15) is 13.8 Å². The molecule has 0 amide bonds. The van der Waals surface area contributed by atoms with Gasteiger partial charge in [-0.05, 0) is 85.7 Å². The van der Waals surface area contributed by atoms with Gasteiger partial charge in [-0.15, -0.1) is 0 Å². The van der Waals surface area contributed by atoms with Gasteiger partial charge < -0.3 is 35.7 Å². The number of aliphatic hydroxyl groups is 2. The summed E-state index contributed by atoms with van der Waals surface area (Å²) in [5.41, 5.74) is 3.68. The molecule has 3 aromatic heterocycles. The summed E-state index contributed by atoms with van der Waals surface area (Å²) in [7, 11) is 3.84. The minimum absolute atomic E-state index is 0. The second-order valence-electron chi connectivity index (χ2n) is 12.3. The molecular formula is C37H31CoFN13O8S2-. The second kappa shape index (κ2) is 21.6. The van der Waals surface area contributed by atoms with Crippen LogP contribution >= 0.6 is 22.7 Å². The molecule has 3 heterocycles. The number of azo groups is 1. The fourth-order valence-corrected chi connectivity index (χ4v) is 5.92. The summed E-state index contributed by atoms with van der Waals surface area (Å²) in [6, 6.07) is 13.8. The molecule has 0 unspecified atom stereocenters. The van der Waals surface area contributed by atoms with E-state index >= 15 is 0 Å². The van der Waals surface area contributed by atoms with Crippen molar-refractivity contribution >= 4 is 78.7 Å². The third kappa shape index (κ3) is 13.2. The van der Waals surface area contributed by atoms with E-state index in [1.807, 2.05) is 59.9 Å². The molecule has 0 atom stereocenters. The van der Waals surface area contributed by atoms with Crippen LogP contribution in [0.3, 0.4) is 0 Å². The first-order chi connectivity index (χ1) is 29.1. The molecule has 3 N–H and O–H groups in total. The topological polar surface area (TPSA) is 284 Å². The van der Waals surface area contributed by atoms with Crippen LogP contribution in [-0.2, 0) is 40.5 Å². The summed E-state index contributed by atoms with van der Waals surface area (Å²) in [6.07, 6.45) is 10.6. The van der Waals surface area contributed by atoms with E-state index in [1.165, 1.54) is 24.3 Å². The Labute approximate surface area is 367 Å². The SMILES string of the molecule is CC1=CC(=O)C=C(O)C1=NN=c1[n-]cc([N+](=O)[O-])s1.CC1=CC(=O)C=C(O)C1=NN=c1[n-]cc([N+](=O)[O-])s1.Cn1cc[n+](C)c1N=Nc1ccc(Nc2ccc(F)cc2)cc1.[Co]. The number of anilines is 2. The van der Waals surface area contributed by atoms with Gasteiger partial charge in [0.2, 0.25) is 0 Å². The van der Waals surface area contributed by atoms with Gasteiger partial charge in [0.05, 0.1) is 36.3 Å². The quantitative estimate of drug-likeness (QED) is 0.0547. The number of nitrogens with zero attached hydrogens (tertiary/aromatic N) is 12. The van der Waals surface area contributed by atoms with Crippen LogP contribution < -0.4 is 29.5 Å². The first-order valence-corrected chi connectivity index (χ1v) is 18.8. The summed E-state index contributed by atoms with van der Waals surface area (Å²) >= 11 is 1.52. The average Bonchev–Trinajstić information content (AvgIpc) is 3.96. The number of aromatic nitrogens is 4. The number of carbonyl (C=O) groups excluding carboxylic acids is 2. The summed E-state index contributed by atoms with van der Waals surface area (Å²) in [6.45, 7) is 3.19. The Morgan fingerprint density at radius 3 is 1.58 bits per heavy atom. The Kier molecular flexibility index (Phi) is 16.4. The van der Waals surface area contributed by atoms with E-state index in [0.717, 1.165) is 70.2 Å². The van der Waals surface area contributed by atoms with Crippen molar-refractivity contribution < 1.29 is 55.4 Å². The summed E-state index contributed by atoms with van der Waals surface area (Å²) < 4.78 is 16.7. The Morgan fingerprint density at radius 2 is 1.19 bits per heavy atom. The van der Waals surface area contributed by atoms with Crippen LogP contribution in [0.15, 0.2) is 151 Å². The van der Waals surface area contributed by atoms with Gasteiger partial charge in [0.15, 0.2) is 11.6 Å². The maximum absolute atomic E-state index is 12.9. The Hall–Kier alpha value is -7.61. The molecule has 5 aromatic rings. The number of rotatable bonds is 8. The maximum atomic E-state index is 12.9. The van der Waals surface area contributed by atoms with Crippen molar-refractivity contribution in [2.45, 2.75) is 13.8 Å². The van der Waals surface area contributed by atoms with Gasteiger partial charge in [0.25, 0.3) is 0 Å². The van der Waals surface area contributed by atoms with Crippen LogP contribution in [0.2, 0.25) is 0 Å². The van der Waals surface area contributed by atoms with E-state index in [2.05, 4.69) is 45.9 Å². The number of aliphatic hydroxyl groups excluding tert-OH is 2. The summed E-state index contributed by atoms with van der Waals surface area (Å²) in [5, 5.41) is 66.3. The van der Waals surface area contributed by atoms with Crippen molar-refractivity contribution in [2.24, 2.45) is 44.7 Å². The molecule has 0 aliphatic heterocycles. The molecule has 0 saturated heterocycles. The number of benzene rings is 2. The molecule has 7 rings (SSSR count). The molecule has 62 heavy (non-hydrogen) atoms. The molecule has 321 valence electrons. The van der Waals surface area contributed by atoms with E-state index in [0.29, 0.717) is 11.1 Å². The van der Waals surface area contributed by atoms with Crippen molar-refractivity contribution in [1.29, 1.82) is 0 Å². The minimum atomic E-state index is -0.578. The number of hydrogen-bond acceptors (Lipinski definition) is 17. The number of carbonyl (C=O) groups is 2. The third-order valence-corrected chi connectivity index (χ3v) is 9.37. The van der Waals surface area contributed by atoms with Crippen molar-refractivity contribution in [3.63, 3.8) is 0 Å². The first-order valence-electron chi connectivity index (χ1n) is 17.2. The number of imidazole rings is 1. The van der Waals surface area contributed by atoms with Crippen molar-refractivity contribution in [3.8, 4) is 0 Å². The third-order valence-electron chi connectivity index (χ3n) is 7.70. The maximum Gasteiger partial charge on any atom is 0.421 e. The fraction of sp³-hybridized carbons (Fsp3) is 0.108. The second-order valence-corrected chi connectivity index (χ2v) is 14.3. The smallest absolute Gasteiger partial charge is 0.421 e. The van der Waals surface area contributed by atoms with Crippen molar-refractivity contribution in [2.75, 3.05) is 5.32 Å². The van der Waals surface area contributed by atoms with Gasteiger partial charge in [-0.25, -0.2) is 13.5 Å². The largest absolute Gasteiger partial charge is 0.506 e. The number of aryl methyl sites for hydroxylation is 2. The van der Waals surface area contributed by atoms with Crippen LogP contribution in [-0.4, -0.2) is 47.6 Å².